The average molecular weight is 323 g/mol. The lowest BCUT2D eigenvalue weighted by molar-refractivity contribution is 0.215. The van der Waals surface area contributed by atoms with E-state index in [1.807, 2.05) is 73.8 Å². The van der Waals surface area contributed by atoms with Gasteiger partial charge in [-0.25, -0.2) is 4.79 Å². The third-order valence-corrected chi connectivity index (χ3v) is 4.50. The zero-order chi connectivity index (χ0) is 16.2. The first-order chi connectivity index (χ1) is 11.2. The van der Waals surface area contributed by atoms with E-state index in [2.05, 4.69) is 5.32 Å². The smallest absolute Gasteiger partial charge is 0.410 e. The highest BCUT2D eigenvalue weighted by Crippen LogP contribution is 2.26. The second kappa shape index (κ2) is 6.75. The molecule has 3 aromatic carbocycles. The normalized spacial score (nSPS) is 10.5. The molecule has 0 aliphatic carbocycles. The largest absolute Gasteiger partial charge is 0.417 e. The molecule has 0 spiro atoms. The Bertz CT molecular complexity index is 856. The lowest BCUT2D eigenvalue weighted by Gasteiger charge is -2.10. The summed E-state index contributed by atoms with van der Waals surface area (Å²) in [4.78, 5) is 13.3. The van der Waals surface area contributed by atoms with Gasteiger partial charge >= 0.3 is 6.09 Å². The summed E-state index contributed by atoms with van der Waals surface area (Å²) >= 11 is 1.67. The Labute approximate surface area is 139 Å². The van der Waals surface area contributed by atoms with Crippen LogP contribution in [0.4, 0.5) is 10.5 Å². The van der Waals surface area contributed by atoms with E-state index in [9.17, 15) is 4.79 Å². The summed E-state index contributed by atoms with van der Waals surface area (Å²) in [6.07, 6.45) is 1.54. The van der Waals surface area contributed by atoms with Crippen molar-refractivity contribution in [3.05, 3.63) is 66.2 Å². The van der Waals surface area contributed by atoms with Crippen LogP contribution >= 0.6 is 11.8 Å². The van der Waals surface area contributed by atoms with Crippen molar-refractivity contribution in [3.8, 4) is 5.75 Å². The van der Waals surface area contributed by atoms with Crippen LogP contribution in [-0.4, -0.2) is 12.3 Å². The van der Waals surface area contributed by atoms with Crippen molar-refractivity contribution in [1.82, 2.24) is 0 Å². The minimum absolute atomic E-state index is 0.488. The molecule has 0 radical (unpaired) electrons. The van der Waals surface area contributed by atoms with Gasteiger partial charge < -0.3 is 4.74 Å². The number of amides is 1. The van der Waals surface area contributed by atoms with Crippen molar-refractivity contribution in [2.75, 3.05) is 11.6 Å². The molecule has 0 aliphatic rings. The Morgan fingerprint density at radius 1 is 1.04 bits per heavy atom. The number of thioether (sulfide) groups is 1. The number of carbonyl (C=O) groups excluding carboxylic acids is 1. The van der Waals surface area contributed by atoms with Gasteiger partial charge in [-0.05, 0) is 48.4 Å². The summed E-state index contributed by atoms with van der Waals surface area (Å²) in [6.45, 7) is 2.00. The fourth-order valence-electron chi connectivity index (χ4n) is 2.49. The monoisotopic (exact) mass is 323 g/mol. The second-order valence-electron chi connectivity index (χ2n) is 5.17. The molecule has 4 heteroatoms. The summed E-state index contributed by atoms with van der Waals surface area (Å²) in [6, 6.07) is 19.3. The molecule has 23 heavy (non-hydrogen) atoms. The molecule has 3 rings (SSSR count). The van der Waals surface area contributed by atoms with E-state index < -0.39 is 6.09 Å². The van der Waals surface area contributed by atoms with Gasteiger partial charge in [-0.1, -0.05) is 36.4 Å². The number of rotatable bonds is 3. The van der Waals surface area contributed by atoms with Gasteiger partial charge in [0.2, 0.25) is 0 Å². The molecule has 0 aliphatic heterocycles. The lowest BCUT2D eigenvalue weighted by Crippen LogP contribution is -2.17. The number of hydrogen-bond acceptors (Lipinski definition) is 3. The fraction of sp³-hybridized carbons (Fsp3) is 0.105. The third kappa shape index (κ3) is 3.48. The number of hydrogen-bond donors (Lipinski definition) is 1. The van der Waals surface area contributed by atoms with Crippen LogP contribution in [0.3, 0.4) is 0 Å². The van der Waals surface area contributed by atoms with Gasteiger partial charge in [0, 0.05) is 10.3 Å². The second-order valence-corrected chi connectivity index (χ2v) is 6.02. The fourth-order valence-corrected chi connectivity index (χ4v) is 3.08. The average Bonchev–Trinajstić information content (AvgIpc) is 2.55. The Balaban J connectivity index is 1.77. The van der Waals surface area contributed by atoms with E-state index in [1.165, 1.54) is 4.90 Å². The Kier molecular flexibility index (Phi) is 4.53. The highest BCUT2D eigenvalue weighted by Gasteiger charge is 2.08. The number of carbonyl (C=O) groups is 1. The predicted molar refractivity (Wildman–Crippen MR) is 96.6 cm³/mol. The molecule has 0 saturated heterocycles. The number of nitrogens with one attached hydrogen (secondary N) is 1. The van der Waals surface area contributed by atoms with Crippen LogP contribution < -0.4 is 10.1 Å². The summed E-state index contributed by atoms with van der Waals surface area (Å²) < 4.78 is 5.39. The van der Waals surface area contributed by atoms with Gasteiger partial charge in [0.1, 0.15) is 5.75 Å². The molecular weight excluding hydrogens is 306 g/mol. The molecule has 0 atom stereocenters. The maximum Gasteiger partial charge on any atom is 0.417 e. The molecule has 116 valence electrons. The first-order valence-electron chi connectivity index (χ1n) is 7.28. The molecule has 3 aromatic rings. The quantitative estimate of drug-likeness (QED) is 0.648. The number of ether oxygens (including phenoxy) is 1. The number of benzene rings is 3. The summed E-state index contributed by atoms with van der Waals surface area (Å²) in [5.41, 5.74) is 1.83. The maximum atomic E-state index is 12.2. The molecule has 0 heterocycles. The minimum atomic E-state index is -0.488. The first kappa shape index (κ1) is 15.4. The summed E-state index contributed by atoms with van der Waals surface area (Å²) in [7, 11) is 0. The van der Waals surface area contributed by atoms with E-state index in [0.29, 0.717) is 5.75 Å². The lowest BCUT2D eigenvalue weighted by atomic mass is 10.1. The molecule has 3 nitrogen and oxygen atoms in total. The molecule has 0 fully saturated rings. The first-order valence-corrected chi connectivity index (χ1v) is 8.51. The zero-order valence-electron chi connectivity index (χ0n) is 13.0. The molecule has 0 aromatic heterocycles. The van der Waals surface area contributed by atoms with Crippen LogP contribution in [0.5, 0.6) is 5.75 Å². The summed E-state index contributed by atoms with van der Waals surface area (Å²) in [5, 5.41) is 4.88. The topological polar surface area (TPSA) is 38.3 Å². The van der Waals surface area contributed by atoms with Gasteiger partial charge in [0.05, 0.1) is 5.69 Å². The molecule has 1 amide bonds. The molecular formula is C19H17NO2S. The molecule has 0 unspecified atom stereocenters. The van der Waals surface area contributed by atoms with Crippen LogP contribution in [0.25, 0.3) is 10.8 Å². The van der Waals surface area contributed by atoms with E-state index in [1.54, 1.807) is 11.8 Å². The Hall–Kier alpha value is -2.46. The minimum Gasteiger partial charge on any atom is -0.410 e. The third-order valence-electron chi connectivity index (χ3n) is 3.60. The summed E-state index contributed by atoms with van der Waals surface area (Å²) in [5.74, 6) is 0.540. The highest BCUT2D eigenvalue weighted by molar-refractivity contribution is 7.98. The SMILES string of the molecule is CSc1ccc(OC(=O)Nc2cccc3ccccc23)cc1C. The van der Waals surface area contributed by atoms with Crippen molar-refractivity contribution < 1.29 is 9.53 Å². The van der Waals surface area contributed by atoms with Gasteiger partial charge in [-0.15, -0.1) is 11.8 Å². The van der Waals surface area contributed by atoms with Crippen LogP contribution in [-0.2, 0) is 0 Å². The maximum absolute atomic E-state index is 12.2. The van der Waals surface area contributed by atoms with Crippen molar-refractivity contribution in [2.24, 2.45) is 0 Å². The van der Waals surface area contributed by atoms with E-state index >= 15 is 0 Å². The van der Waals surface area contributed by atoms with Gasteiger partial charge in [0.25, 0.3) is 0 Å². The van der Waals surface area contributed by atoms with Crippen LogP contribution in [0.1, 0.15) is 5.56 Å². The molecule has 0 saturated carbocycles. The van der Waals surface area contributed by atoms with Gasteiger partial charge in [-0.3, -0.25) is 5.32 Å². The number of anilines is 1. The zero-order valence-corrected chi connectivity index (χ0v) is 13.8. The van der Waals surface area contributed by atoms with Crippen molar-refractivity contribution >= 4 is 34.3 Å². The van der Waals surface area contributed by atoms with Crippen molar-refractivity contribution in [3.63, 3.8) is 0 Å². The predicted octanol–water partition coefficient (Wildman–Crippen LogP) is 5.48. The van der Waals surface area contributed by atoms with Gasteiger partial charge in [0.15, 0.2) is 0 Å². The van der Waals surface area contributed by atoms with Crippen LogP contribution in [0.15, 0.2) is 65.6 Å². The van der Waals surface area contributed by atoms with Crippen molar-refractivity contribution in [1.29, 1.82) is 0 Å². The van der Waals surface area contributed by atoms with Crippen LogP contribution in [0, 0.1) is 6.92 Å². The van der Waals surface area contributed by atoms with E-state index in [0.717, 1.165) is 22.0 Å². The van der Waals surface area contributed by atoms with E-state index in [-0.39, 0.29) is 0 Å². The highest BCUT2D eigenvalue weighted by atomic mass is 32.2. The Morgan fingerprint density at radius 3 is 2.61 bits per heavy atom. The van der Waals surface area contributed by atoms with Gasteiger partial charge in [-0.2, -0.15) is 0 Å². The molecule has 1 N–H and O–H groups in total. The van der Waals surface area contributed by atoms with Crippen molar-refractivity contribution in [2.45, 2.75) is 11.8 Å². The molecule has 0 bridgehead atoms. The number of aryl methyl sites for hydroxylation is 1. The van der Waals surface area contributed by atoms with Crippen LogP contribution in [0.2, 0.25) is 0 Å². The standard InChI is InChI=1S/C19H17NO2S/c1-13-12-15(10-11-18(13)23-2)22-19(21)20-17-9-5-7-14-6-3-4-8-16(14)17/h3-12H,1-2H3,(H,20,21). The number of fused-ring (bicyclic) bond motifs is 1. The van der Waals surface area contributed by atoms with E-state index in [4.69, 9.17) is 4.74 Å². The Morgan fingerprint density at radius 2 is 1.83 bits per heavy atom.